The van der Waals surface area contributed by atoms with Gasteiger partial charge in [-0.05, 0) is 23.1 Å². The molecule has 0 aliphatic carbocycles. The van der Waals surface area contributed by atoms with Gasteiger partial charge in [0.1, 0.15) is 17.8 Å². The standard InChI is InChI=1S/C17H16F3N5S/c18-17(19,20)15-12(2-1-4-21-15)10-24-5-7-25(8-6-24)16-14-13(3-9-26-14)22-11-23-16/h1-4,9,11H,5-8,10H2. The van der Waals surface area contributed by atoms with Gasteiger partial charge in [0.2, 0.25) is 0 Å². The second-order valence-corrected chi connectivity index (χ2v) is 7.02. The van der Waals surface area contributed by atoms with Crippen LogP contribution in [0.5, 0.6) is 0 Å². The first-order valence-electron chi connectivity index (χ1n) is 8.19. The number of aromatic nitrogens is 3. The average Bonchev–Trinajstić information content (AvgIpc) is 3.11. The fourth-order valence-corrected chi connectivity index (χ4v) is 4.04. The molecule has 3 aromatic heterocycles. The molecule has 26 heavy (non-hydrogen) atoms. The molecular formula is C17H16F3N5S. The van der Waals surface area contributed by atoms with E-state index in [1.165, 1.54) is 12.3 Å². The minimum absolute atomic E-state index is 0.219. The zero-order chi connectivity index (χ0) is 18.1. The number of piperazine rings is 1. The third-order valence-corrected chi connectivity index (χ3v) is 5.35. The first-order valence-corrected chi connectivity index (χ1v) is 9.07. The van der Waals surface area contributed by atoms with Crippen LogP contribution in [0, 0.1) is 0 Å². The van der Waals surface area contributed by atoms with Gasteiger partial charge in [-0.15, -0.1) is 11.3 Å². The summed E-state index contributed by atoms with van der Waals surface area (Å²) < 4.78 is 40.4. The van der Waals surface area contributed by atoms with Crippen LogP contribution in [0.2, 0.25) is 0 Å². The van der Waals surface area contributed by atoms with Crippen LogP contribution >= 0.6 is 11.3 Å². The highest BCUT2D eigenvalue weighted by Gasteiger charge is 2.35. The highest BCUT2D eigenvalue weighted by atomic mass is 32.1. The number of hydrogen-bond acceptors (Lipinski definition) is 6. The van der Waals surface area contributed by atoms with Crippen molar-refractivity contribution in [2.75, 3.05) is 31.1 Å². The van der Waals surface area contributed by atoms with E-state index in [1.807, 2.05) is 16.3 Å². The van der Waals surface area contributed by atoms with Crippen LogP contribution in [-0.4, -0.2) is 46.0 Å². The number of anilines is 1. The molecule has 1 fully saturated rings. The van der Waals surface area contributed by atoms with Crippen LogP contribution in [0.3, 0.4) is 0 Å². The Hall–Kier alpha value is -2.26. The fraction of sp³-hybridized carbons (Fsp3) is 0.353. The first kappa shape index (κ1) is 17.2. The van der Waals surface area contributed by atoms with Crippen LogP contribution in [0.15, 0.2) is 36.1 Å². The number of alkyl halides is 3. The summed E-state index contributed by atoms with van der Waals surface area (Å²) in [4.78, 5) is 16.4. The zero-order valence-corrected chi connectivity index (χ0v) is 14.6. The normalized spacial score (nSPS) is 16.3. The van der Waals surface area contributed by atoms with Crippen LogP contribution < -0.4 is 4.90 Å². The summed E-state index contributed by atoms with van der Waals surface area (Å²) >= 11 is 1.60. The van der Waals surface area contributed by atoms with Crippen molar-refractivity contribution in [2.24, 2.45) is 0 Å². The van der Waals surface area contributed by atoms with Gasteiger partial charge in [-0.3, -0.25) is 9.88 Å². The van der Waals surface area contributed by atoms with E-state index in [9.17, 15) is 13.2 Å². The van der Waals surface area contributed by atoms with Crippen molar-refractivity contribution in [3.8, 4) is 0 Å². The summed E-state index contributed by atoms with van der Waals surface area (Å²) in [6, 6.07) is 5.01. The van der Waals surface area contributed by atoms with Crippen molar-refractivity contribution in [3.63, 3.8) is 0 Å². The van der Waals surface area contributed by atoms with Gasteiger partial charge in [-0.1, -0.05) is 6.07 Å². The molecule has 1 aliphatic heterocycles. The van der Waals surface area contributed by atoms with Crippen molar-refractivity contribution >= 4 is 27.4 Å². The van der Waals surface area contributed by atoms with E-state index >= 15 is 0 Å². The highest BCUT2D eigenvalue weighted by molar-refractivity contribution is 7.17. The van der Waals surface area contributed by atoms with E-state index < -0.39 is 11.9 Å². The summed E-state index contributed by atoms with van der Waals surface area (Å²) in [7, 11) is 0. The lowest BCUT2D eigenvalue weighted by Crippen LogP contribution is -2.46. The lowest BCUT2D eigenvalue weighted by atomic mass is 10.1. The third kappa shape index (κ3) is 3.36. The number of halogens is 3. The average molecular weight is 379 g/mol. The van der Waals surface area contributed by atoms with E-state index in [4.69, 9.17) is 0 Å². The number of pyridine rings is 1. The molecule has 1 aliphatic rings. The van der Waals surface area contributed by atoms with Crippen molar-refractivity contribution < 1.29 is 13.2 Å². The monoisotopic (exact) mass is 379 g/mol. The maximum atomic E-state index is 13.1. The number of fused-ring (bicyclic) bond motifs is 1. The van der Waals surface area contributed by atoms with Crippen LogP contribution in [-0.2, 0) is 12.7 Å². The maximum Gasteiger partial charge on any atom is 0.433 e. The Labute approximate surface area is 152 Å². The Morgan fingerprint density at radius 3 is 2.62 bits per heavy atom. The van der Waals surface area contributed by atoms with Gasteiger partial charge in [0.15, 0.2) is 0 Å². The van der Waals surface area contributed by atoms with Crippen molar-refractivity contribution in [1.82, 2.24) is 19.9 Å². The quantitative estimate of drug-likeness (QED) is 0.698. The molecule has 0 saturated carbocycles. The summed E-state index contributed by atoms with van der Waals surface area (Å²) in [6.07, 6.45) is -1.68. The summed E-state index contributed by atoms with van der Waals surface area (Å²) in [6.45, 7) is 3.01. The second-order valence-electron chi connectivity index (χ2n) is 6.10. The van der Waals surface area contributed by atoms with Crippen molar-refractivity contribution in [3.05, 3.63) is 47.4 Å². The molecule has 0 N–H and O–H groups in total. The number of thiophene rings is 1. The number of rotatable bonds is 3. The molecule has 0 unspecified atom stereocenters. The molecule has 4 heterocycles. The van der Waals surface area contributed by atoms with Crippen LogP contribution in [0.25, 0.3) is 10.2 Å². The molecule has 0 spiro atoms. The van der Waals surface area contributed by atoms with Crippen molar-refractivity contribution in [1.29, 1.82) is 0 Å². The predicted octanol–water partition coefficient (Wildman–Crippen LogP) is 3.43. The Morgan fingerprint density at radius 2 is 1.85 bits per heavy atom. The summed E-state index contributed by atoms with van der Waals surface area (Å²) in [5, 5.41) is 1.99. The lowest BCUT2D eigenvalue weighted by molar-refractivity contribution is -0.142. The highest BCUT2D eigenvalue weighted by Crippen LogP contribution is 2.31. The molecule has 5 nitrogen and oxygen atoms in total. The third-order valence-electron chi connectivity index (χ3n) is 4.45. The molecule has 9 heteroatoms. The van der Waals surface area contributed by atoms with Crippen molar-refractivity contribution in [2.45, 2.75) is 12.7 Å². The predicted molar refractivity (Wildman–Crippen MR) is 94.1 cm³/mol. The maximum absolute atomic E-state index is 13.1. The number of nitrogens with zero attached hydrogens (tertiary/aromatic N) is 5. The molecule has 0 aromatic carbocycles. The topological polar surface area (TPSA) is 45.2 Å². The molecular weight excluding hydrogens is 363 g/mol. The largest absolute Gasteiger partial charge is 0.433 e. The molecule has 136 valence electrons. The Kier molecular flexibility index (Phi) is 4.49. The van der Waals surface area contributed by atoms with Gasteiger partial charge in [0, 0.05) is 38.9 Å². The smallest absolute Gasteiger partial charge is 0.353 e. The van der Waals surface area contributed by atoms with Gasteiger partial charge < -0.3 is 4.90 Å². The molecule has 3 aromatic rings. The molecule has 0 radical (unpaired) electrons. The minimum Gasteiger partial charge on any atom is -0.353 e. The number of hydrogen-bond donors (Lipinski definition) is 0. The molecule has 0 bridgehead atoms. The fourth-order valence-electron chi connectivity index (χ4n) is 3.18. The van der Waals surface area contributed by atoms with Crippen LogP contribution in [0.1, 0.15) is 11.3 Å². The Balaban J connectivity index is 1.46. The Bertz CT molecular complexity index is 903. The Morgan fingerprint density at radius 1 is 1.04 bits per heavy atom. The zero-order valence-electron chi connectivity index (χ0n) is 13.8. The lowest BCUT2D eigenvalue weighted by Gasteiger charge is -2.35. The van der Waals surface area contributed by atoms with Gasteiger partial charge in [0.25, 0.3) is 0 Å². The molecule has 0 amide bonds. The minimum atomic E-state index is -4.43. The molecule has 0 atom stereocenters. The van der Waals surface area contributed by atoms with Gasteiger partial charge >= 0.3 is 6.18 Å². The summed E-state index contributed by atoms with van der Waals surface area (Å²) in [5.74, 6) is 0.905. The van der Waals surface area contributed by atoms with E-state index in [1.54, 1.807) is 23.7 Å². The van der Waals surface area contributed by atoms with E-state index in [-0.39, 0.29) is 12.1 Å². The first-order chi connectivity index (χ1) is 12.5. The van der Waals surface area contributed by atoms with E-state index in [2.05, 4.69) is 19.9 Å². The van der Waals surface area contributed by atoms with Gasteiger partial charge in [0.05, 0.1) is 10.2 Å². The molecule has 4 rings (SSSR count). The van der Waals surface area contributed by atoms with E-state index in [0.717, 1.165) is 16.0 Å². The van der Waals surface area contributed by atoms with E-state index in [0.29, 0.717) is 26.2 Å². The van der Waals surface area contributed by atoms with Crippen LogP contribution in [0.4, 0.5) is 19.0 Å². The second kappa shape index (κ2) is 6.81. The SMILES string of the molecule is FC(F)(F)c1ncccc1CN1CCN(c2ncnc3ccsc23)CC1. The summed E-state index contributed by atoms with van der Waals surface area (Å²) in [5.41, 5.74) is 0.349. The van der Waals surface area contributed by atoms with Gasteiger partial charge in [-0.2, -0.15) is 13.2 Å². The van der Waals surface area contributed by atoms with Gasteiger partial charge in [-0.25, -0.2) is 9.97 Å². The molecule has 1 saturated heterocycles.